The van der Waals surface area contributed by atoms with Gasteiger partial charge in [-0.05, 0) is 17.7 Å². The van der Waals surface area contributed by atoms with E-state index in [-0.39, 0.29) is 0 Å². The lowest BCUT2D eigenvalue weighted by molar-refractivity contribution is 1.30. The van der Waals surface area contributed by atoms with Crippen molar-refractivity contribution in [2.24, 2.45) is 0 Å². The molecule has 3 aromatic rings. The highest BCUT2D eigenvalue weighted by Gasteiger charge is 2.05. The topological polar surface area (TPSA) is 12.9 Å². The quantitative estimate of drug-likeness (QED) is 0.575. The van der Waals surface area contributed by atoms with Crippen LogP contribution in [0.1, 0.15) is 18.9 Å². The summed E-state index contributed by atoms with van der Waals surface area (Å²) in [6, 6.07) is 14.8. The minimum Gasteiger partial charge on any atom is -0.242 e. The van der Waals surface area contributed by atoms with Gasteiger partial charge >= 0.3 is 0 Å². The molecule has 1 aromatic heterocycles. The minimum absolute atomic E-state index is 1.08. The summed E-state index contributed by atoms with van der Waals surface area (Å²) in [6.45, 7) is 6.04. The summed E-state index contributed by atoms with van der Waals surface area (Å²) < 4.78 is 0. The number of benzene rings is 2. The molecule has 0 amide bonds. The third-order valence-electron chi connectivity index (χ3n) is 2.68. The van der Waals surface area contributed by atoms with E-state index in [0.29, 0.717) is 0 Å². The van der Waals surface area contributed by atoms with Crippen LogP contribution in [0.4, 0.5) is 0 Å². The monoisotopic (exact) mass is 255 g/mol. The predicted octanol–water partition coefficient (Wildman–Crippen LogP) is 5.30. The van der Waals surface area contributed by atoms with Gasteiger partial charge in [-0.15, -0.1) is 11.3 Å². The largest absolute Gasteiger partial charge is 0.242 e. The summed E-state index contributed by atoms with van der Waals surface area (Å²) in [5.74, 6) is 0. The van der Waals surface area contributed by atoms with E-state index in [1.807, 2.05) is 20.8 Å². The highest BCUT2D eigenvalue weighted by atomic mass is 32.1. The molecular weight excluding hydrogens is 238 g/mol. The molecule has 0 spiro atoms. The van der Waals surface area contributed by atoms with Crippen LogP contribution in [0.25, 0.3) is 22.0 Å². The van der Waals surface area contributed by atoms with Gasteiger partial charge in [0.15, 0.2) is 0 Å². The maximum atomic E-state index is 4.55. The minimum atomic E-state index is 1.08. The molecule has 0 atom stereocenters. The lowest BCUT2D eigenvalue weighted by Crippen LogP contribution is -1.81. The Morgan fingerprint density at radius 1 is 0.944 bits per heavy atom. The van der Waals surface area contributed by atoms with E-state index < -0.39 is 0 Å². The van der Waals surface area contributed by atoms with Crippen LogP contribution in [-0.2, 0) is 0 Å². The fourth-order valence-corrected chi connectivity index (χ4v) is 2.55. The number of aryl methyl sites for hydroxylation is 1. The Balaban J connectivity index is 0.000000574. The molecule has 3 rings (SSSR count). The van der Waals surface area contributed by atoms with Crippen LogP contribution in [0.5, 0.6) is 0 Å². The lowest BCUT2D eigenvalue weighted by Gasteiger charge is -2.03. The van der Waals surface area contributed by atoms with Crippen molar-refractivity contribution in [1.82, 2.24) is 4.98 Å². The van der Waals surface area contributed by atoms with E-state index >= 15 is 0 Å². The summed E-state index contributed by atoms with van der Waals surface area (Å²) in [7, 11) is 0. The molecule has 1 heterocycles. The fraction of sp³-hybridized carbons (Fsp3) is 0.188. The number of hydrogen-bond acceptors (Lipinski definition) is 2. The van der Waals surface area contributed by atoms with E-state index in [1.54, 1.807) is 11.3 Å². The van der Waals surface area contributed by atoms with Crippen molar-refractivity contribution in [1.29, 1.82) is 0 Å². The molecular formula is C16H17NS. The van der Waals surface area contributed by atoms with E-state index in [4.69, 9.17) is 0 Å². The maximum Gasteiger partial charge on any atom is 0.0901 e. The van der Waals surface area contributed by atoms with Crippen molar-refractivity contribution in [3.05, 3.63) is 52.9 Å². The van der Waals surface area contributed by atoms with Gasteiger partial charge in [0.1, 0.15) is 0 Å². The lowest BCUT2D eigenvalue weighted by atomic mass is 10.0. The molecule has 0 saturated heterocycles. The normalized spacial score (nSPS) is 9.94. The Hall–Kier alpha value is -1.67. The first-order valence-electron chi connectivity index (χ1n) is 6.25. The van der Waals surface area contributed by atoms with E-state index in [0.717, 1.165) is 10.7 Å². The summed E-state index contributed by atoms with van der Waals surface area (Å²) in [5.41, 5.74) is 2.31. The molecule has 0 saturated carbocycles. The zero-order valence-corrected chi connectivity index (χ0v) is 11.8. The first kappa shape index (κ1) is 12.8. The third kappa shape index (κ3) is 2.44. The molecule has 1 nitrogen and oxygen atoms in total. The fourth-order valence-electron chi connectivity index (χ4n) is 1.94. The molecule has 0 aliphatic heterocycles. The molecule has 0 N–H and O–H groups in total. The van der Waals surface area contributed by atoms with Gasteiger partial charge in [-0.1, -0.05) is 56.3 Å². The van der Waals surface area contributed by atoms with Crippen molar-refractivity contribution in [2.45, 2.75) is 20.8 Å². The highest BCUT2D eigenvalue weighted by molar-refractivity contribution is 7.09. The number of thiazole rings is 1. The SMILES string of the molecule is CC.Cc1nc(-c2cccc3ccccc23)cs1. The molecule has 0 fully saturated rings. The van der Waals surface area contributed by atoms with E-state index in [1.165, 1.54) is 16.3 Å². The summed E-state index contributed by atoms with van der Waals surface area (Å²) in [6.07, 6.45) is 0. The van der Waals surface area contributed by atoms with Crippen LogP contribution in [0.3, 0.4) is 0 Å². The number of fused-ring (bicyclic) bond motifs is 1. The molecule has 92 valence electrons. The van der Waals surface area contributed by atoms with Crippen molar-refractivity contribution in [3.8, 4) is 11.3 Å². The van der Waals surface area contributed by atoms with Crippen LogP contribution >= 0.6 is 11.3 Å². The van der Waals surface area contributed by atoms with Gasteiger partial charge in [-0.3, -0.25) is 0 Å². The maximum absolute atomic E-state index is 4.55. The zero-order valence-electron chi connectivity index (χ0n) is 11.0. The van der Waals surface area contributed by atoms with Gasteiger partial charge in [0, 0.05) is 10.9 Å². The number of rotatable bonds is 1. The van der Waals surface area contributed by atoms with Gasteiger partial charge in [0.05, 0.1) is 10.7 Å². The van der Waals surface area contributed by atoms with Crippen molar-refractivity contribution < 1.29 is 0 Å². The summed E-state index contributed by atoms with van der Waals surface area (Å²) in [5, 5.41) is 5.78. The van der Waals surface area contributed by atoms with Crippen LogP contribution < -0.4 is 0 Å². The molecule has 2 heteroatoms. The standard InChI is InChI=1S/C14H11NS.C2H6/c1-10-15-14(9-16-10)13-8-4-6-11-5-2-3-7-12(11)13;1-2/h2-9H,1H3;1-2H3. The molecule has 0 bridgehead atoms. The van der Waals surface area contributed by atoms with E-state index in [9.17, 15) is 0 Å². The van der Waals surface area contributed by atoms with Crippen LogP contribution in [0, 0.1) is 6.92 Å². The van der Waals surface area contributed by atoms with Gasteiger partial charge in [0.25, 0.3) is 0 Å². The Bertz CT molecular complexity index is 635. The van der Waals surface area contributed by atoms with Gasteiger partial charge in [-0.25, -0.2) is 4.98 Å². The Morgan fingerprint density at radius 3 is 2.39 bits per heavy atom. The molecule has 0 unspecified atom stereocenters. The molecule has 0 aliphatic carbocycles. The second kappa shape index (κ2) is 5.78. The number of hydrogen-bond donors (Lipinski definition) is 0. The van der Waals surface area contributed by atoms with Crippen LogP contribution in [0.15, 0.2) is 47.8 Å². The van der Waals surface area contributed by atoms with Crippen LogP contribution in [0.2, 0.25) is 0 Å². The first-order valence-corrected chi connectivity index (χ1v) is 7.13. The smallest absolute Gasteiger partial charge is 0.0901 e. The zero-order chi connectivity index (χ0) is 13.0. The number of nitrogens with zero attached hydrogens (tertiary/aromatic N) is 1. The van der Waals surface area contributed by atoms with Crippen molar-refractivity contribution in [3.63, 3.8) is 0 Å². The van der Waals surface area contributed by atoms with Gasteiger partial charge in [-0.2, -0.15) is 0 Å². The Kier molecular flexibility index (Phi) is 4.11. The van der Waals surface area contributed by atoms with Crippen molar-refractivity contribution >= 4 is 22.1 Å². The Labute approximate surface area is 112 Å². The van der Waals surface area contributed by atoms with Gasteiger partial charge < -0.3 is 0 Å². The second-order valence-electron chi connectivity index (χ2n) is 3.78. The summed E-state index contributed by atoms with van der Waals surface area (Å²) >= 11 is 1.70. The van der Waals surface area contributed by atoms with Crippen LogP contribution in [-0.4, -0.2) is 4.98 Å². The predicted molar refractivity (Wildman–Crippen MR) is 81.1 cm³/mol. The molecule has 2 aromatic carbocycles. The number of aromatic nitrogens is 1. The first-order chi connectivity index (χ1) is 8.84. The highest BCUT2D eigenvalue weighted by Crippen LogP contribution is 2.28. The third-order valence-corrected chi connectivity index (χ3v) is 3.46. The summed E-state index contributed by atoms with van der Waals surface area (Å²) in [4.78, 5) is 4.55. The average molecular weight is 255 g/mol. The van der Waals surface area contributed by atoms with E-state index in [2.05, 4.69) is 52.8 Å². The van der Waals surface area contributed by atoms with Crippen molar-refractivity contribution in [2.75, 3.05) is 0 Å². The average Bonchev–Trinajstić information content (AvgIpc) is 2.87. The second-order valence-corrected chi connectivity index (χ2v) is 4.84. The molecule has 0 aliphatic rings. The Morgan fingerprint density at radius 2 is 1.67 bits per heavy atom. The molecule has 0 radical (unpaired) electrons. The van der Waals surface area contributed by atoms with Gasteiger partial charge in [0.2, 0.25) is 0 Å². The molecule has 18 heavy (non-hydrogen) atoms.